The molecule has 0 spiro atoms. The molecular weight excluding hydrogens is 345 g/mol. The van der Waals surface area contributed by atoms with Crippen molar-refractivity contribution in [3.63, 3.8) is 0 Å². The molecule has 5 nitrogen and oxygen atoms in total. The summed E-state index contributed by atoms with van der Waals surface area (Å²) in [4.78, 5) is 4.34. The SMILES string of the molecule is Cl.Cl.O=S(=O)(NC[C@H]1CCCN1)c1cccc2cnccc12. The Morgan fingerprint density at radius 3 is 2.82 bits per heavy atom. The number of halogens is 2. The summed E-state index contributed by atoms with van der Waals surface area (Å²) in [6.07, 6.45) is 5.40. The number of hydrogen-bond donors (Lipinski definition) is 2. The van der Waals surface area contributed by atoms with Gasteiger partial charge >= 0.3 is 0 Å². The maximum atomic E-state index is 12.4. The fourth-order valence-corrected chi connectivity index (χ4v) is 3.86. The van der Waals surface area contributed by atoms with Crippen molar-refractivity contribution >= 4 is 45.6 Å². The number of nitrogens with zero attached hydrogens (tertiary/aromatic N) is 1. The highest BCUT2D eigenvalue weighted by atomic mass is 35.5. The van der Waals surface area contributed by atoms with Crippen molar-refractivity contribution in [3.8, 4) is 0 Å². The lowest BCUT2D eigenvalue weighted by atomic mass is 10.2. The lowest BCUT2D eigenvalue weighted by Gasteiger charge is -2.13. The van der Waals surface area contributed by atoms with Crippen LogP contribution in [-0.2, 0) is 10.0 Å². The smallest absolute Gasteiger partial charge is 0.241 e. The van der Waals surface area contributed by atoms with Gasteiger partial charge in [0.2, 0.25) is 10.0 Å². The van der Waals surface area contributed by atoms with Crippen molar-refractivity contribution in [1.82, 2.24) is 15.0 Å². The summed E-state index contributed by atoms with van der Waals surface area (Å²) < 4.78 is 27.6. The first-order valence-corrected chi connectivity index (χ1v) is 8.21. The molecule has 1 aliphatic heterocycles. The average molecular weight is 364 g/mol. The Morgan fingerprint density at radius 2 is 2.09 bits per heavy atom. The quantitative estimate of drug-likeness (QED) is 0.872. The second-order valence-corrected chi connectivity index (χ2v) is 6.73. The van der Waals surface area contributed by atoms with Gasteiger partial charge in [-0.1, -0.05) is 12.1 Å². The number of benzene rings is 1. The monoisotopic (exact) mass is 363 g/mol. The highest BCUT2D eigenvalue weighted by Crippen LogP contribution is 2.21. The molecule has 0 amide bonds. The van der Waals surface area contributed by atoms with Crippen molar-refractivity contribution in [2.75, 3.05) is 13.1 Å². The van der Waals surface area contributed by atoms with Crippen LogP contribution in [0.2, 0.25) is 0 Å². The Labute approximate surface area is 142 Å². The maximum absolute atomic E-state index is 12.4. The van der Waals surface area contributed by atoms with E-state index in [1.165, 1.54) is 0 Å². The third-order valence-corrected chi connectivity index (χ3v) is 5.09. The molecule has 1 aromatic heterocycles. The first-order valence-electron chi connectivity index (χ1n) is 6.72. The molecule has 122 valence electrons. The van der Waals surface area contributed by atoms with Gasteiger partial charge in [0.25, 0.3) is 0 Å². The number of hydrogen-bond acceptors (Lipinski definition) is 4. The van der Waals surface area contributed by atoms with Crippen LogP contribution in [0.4, 0.5) is 0 Å². The maximum Gasteiger partial charge on any atom is 0.241 e. The van der Waals surface area contributed by atoms with Gasteiger partial charge in [0.1, 0.15) is 0 Å². The van der Waals surface area contributed by atoms with Gasteiger partial charge in [-0.3, -0.25) is 4.98 Å². The summed E-state index contributed by atoms with van der Waals surface area (Å²) in [5.74, 6) is 0. The highest BCUT2D eigenvalue weighted by Gasteiger charge is 2.20. The third-order valence-electron chi connectivity index (χ3n) is 3.61. The van der Waals surface area contributed by atoms with E-state index in [-0.39, 0.29) is 30.9 Å². The lowest BCUT2D eigenvalue weighted by molar-refractivity contribution is 0.552. The molecule has 22 heavy (non-hydrogen) atoms. The minimum Gasteiger partial charge on any atom is -0.313 e. The zero-order valence-electron chi connectivity index (χ0n) is 11.9. The van der Waals surface area contributed by atoms with Gasteiger partial charge in [0.05, 0.1) is 4.90 Å². The van der Waals surface area contributed by atoms with E-state index in [1.54, 1.807) is 30.6 Å². The Bertz CT molecular complexity index is 714. The average Bonchev–Trinajstić information content (AvgIpc) is 2.98. The molecule has 0 aliphatic carbocycles. The van der Waals surface area contributed by atoms with Gasteiger partial charge in [-0.25, -0.2) is 13.1 Å². The molecule has 1 atom stereocenters. The fourth-order valence-electron chi connectivity index (χ4n) is 2.55. The van der Waals surface area contributed by atoms with E-state index in [4.69, 9.17) is 0 Å². The van der Waals surface area contributed by atoms with Gasteiger partial charge in [-0.05, 0) is 31.5 Å². The molecule has 1 aliphatic rings. The predicted octanol–water partition coefficient (Wildman–Crippen LogP) is 2.11. The number of nitrogens with one attached hydrogen (secondary N) is 2. The molecule has 0 bridgehead atoms. The summed E-state index contributed by atoms with van der Waals surface area (Å²) in [6, 6.07) is 7.21. The Morgan fingerprint density at radius 1 is 1.27 bits per heavy atom. The van der Waals surface area contributed by atoms with E-state index < -0.39 is 10.0 Å². The molecular formula is C14H19Cl2N3O2S. The zero-order valence-corrected chi connectivity index (χ0v) is 14.3. The van der Waals surface area contributed by atoms with Crippen LogP contribution in [0.25, 0.3) is 10.8 Å². The summed E-state index contributed by atoms with van der Waals surface area (Å²) in [5.41, 5.74) is 0. The lowest BCUT2D eigenvalue weighted by Crippen LogP contribution is -2.37. The number of pyridine rings is 1. The van der Waals surface area contributed by atoms with Crippen molar-refractivity contribution in [2.45, 2.75) is 23.8 Å². The van der Waals surface area contributed by atoms with Gasteiger partial charge in [0, 0.05) is 35.8 Å². The molecule has 1 fully saturated rings. The number of aromatic nitrogens is 1. The van der Waals surface area contributed by atoms with Crippen molar-refractivity contribution in [3.05, 3.63) is 36.7 Å². The van der Waals surface area contributed by atoms with Crippen LogP contribution in [-0.4, -0.2) is 32.5 Å². The van der Waals surface area contributed by atoms with E-state index in [2.05, 4.69) is 15.0 Å². The fraction of sp³-hybridized carbons (Fsp3) is 0.357. The van der Waals surface area contributed by atoms with Crippen molar-refractivity contribution < 1.29 is 8.42 Å². The van der Waals surface area contributed by atoms with Crippen molar-refractivity contribution in [2.24, 2.45) is 0 Å². The Balaban J connectivity index is 0.00000121. The largest absolute Gasteiger partial charge is 0.313 e. The second-order valence-electron chi connectivity index (χ2n) is 5.00. The van der Waals surface area contributed by atoms with E-state index >= 15 is 0 Å². The van der Waals surface area contributed by atoms with Crippen molar-refractivity contribution in [1.29, 1.82) is 0 Å². The minimum absolute atomic E-state index is 0. The molecule has 2 aromatic rings. The van der Waals surface area contributed by atoms with E-state index in [0.717, 1.165) is 24.8 Å². The number of sulfonamides is 1. The summed E-state index contributed by atoms with van der Waals surface area (Å²) in [6.45, 7) is 1.40. The molecule has 2 N–H and O–H groups in total. The zero-order chi connectivity index (χ0) is 14.0. The van der Waals surface area contributed by atoms with E-state index in [9.17, 15) is 8.42 Å². The first-order chi connectivity index (χ1) is 9.67. The number of fused-ring (bicyclic) bond motifs is 1. The van der Waals surface area contributed by atoms with Gasteiger partial charge in [-0.2, -0.15) is 0 Å². The molecule has 0 saturated carbocycles. The summed E-state index contributed by atoms with van der Waals surface area (Å²) >= 11 is 0. The first kappa shape index (κ1) is 19.1. The molecule has 0 radical (unpaired) electrons. The molecule has 2 heterocycles. The highest BCUT2D eigenvalue weighted by molar-refractivity contribution is 7.89. The van der Waals surface area contributed by atoms with E-state index in [1.807, 2.05) is 6.07 Å². The standard InChI is InChI=1S/C14H17N3O2S.2ClH/c18-20(19,17-10-12-4-2-7-16-12)14-5-1-3-11-9-15-8-6-13(11)14;;/h1,3,5-6,8-9,12,16-17H,2,4,7,10H2;2*1H/t12-;;/m1../s1. The molecule has 8 heteroatoms. The van der Waals surface area contributed by atoms with Gasteiger partial charge in [-0.15, -0.1) is 24.8 Å². The van der Waals surface area contributed by atoms with Crippen LogP contribution < -0.4 is 10.0 Å². The molecule has 1 saturated heterocycles. The third kappa shape index (κ3) is 4.08. The summed E-state index contributed by atoms with van der Waals surface area (Å²) in [5, 5.41) is 4.81. The molecule has 0 unspecified atom stereocenters. The molecule has 1 aromatic carbocycles. The van der Waals surface area contributed by atoms with Gasteiger partial charge in [0.15, 0.2) is 0 Å². The normalized spacial score (nSPS) is 17.7. The van der Waals surface area contributed by atoms with Crippen LogP contribution >= 0.6 is 24.8 Å². The minimum atomic E-state index is -3.49. The number of rotatable bonds is 4. The van der Waals surface area contributed by atoms with Crippen LogP contribution in [0.5, 0.6) is 0 Å². The Kier molecular flexibility index (Phi) is 7.02. The second kappa shape index (κ2) is 8.08. The summed E-state index contributed by atoms with van der Waals surface area (Å²) in [7, 11) is -3.49. The molecule has 3 rings (SSSR count). The van der Waals surface area contributed by atoms with Crippen LogP contribution in [0.3, 0.4) is 0 Å². The van der Waals surface area contributed by atoms with Crippen LogP contribution in [0, 0.1) is 0 Å². The van der Waals surface area contributed by atoms with Crippen LogP contribution in [0.1, 0.15) is 12.8 Å². The topological polar surface area (TPSA) is 71.1 Å². The van der Waals surface area contributed by atoms with E-state index in [0.29, 0.717) is 16.8 Å². The Hall–Kier alpha value is -0.920. The van der Waals surface area contributed by atoms with Crippen LogP contribution in [0.15, 0.2) is 41.6 Å². The van der Waals surface area contributed by atoms with Gasteiger partial charge < -0.3 is 5.32 Å². The predicted molar refractivity (Wildman–Crippen MR) is 92.5 cm³/mol.